The van der Waals surface area contributed by atoms with Gasteiger partial charge in [-0.25, -0.2) is 0 Å². The Morgan fingerprint density at radius 1 is 1.47 bits per heavy atom. The van der Waals surface area contributed by atoms with Crippen molar-refractivity contribution >= 4 is 0 Å². The number of nitrogens with one attached hydrogen (secondary N) is 1. The van der Waals surface area contributed by atoms with E-state index in [1.165, 1.54) is 24.8 Å². The van der Waals surface area contributed by atoms with Crippen LogP contribution in [0.15, 0.2) is 24.3 Å². The van der Waals surface area contributed by atoms with Gasteiger partial charge in [-0.05, 0) is 42.9 Å². The first kappa shape index (κ1) is 12.1. The second-order valence-electron chi connectivity index (χ2n) is 5.50. The number of nitriles is 1. The molecular formula is C15H20N2. The van der Waals surface area contributed by atoms with E-state index in [4.69, 9.17) is 5.26 Å². The summed E-state index contributed by atoms with van der Waals surface area (Å²) in [6, 6.07) is 10.4. The zero-order valence-corrected chi connectivity index (χ0v) is 10.7. The van der Waals surface area contributed by atoms with Gasteiger partial charge in [0.1, 0.15) is 0 Å². The topological polar surface area (TPSA) is 35.8 Å². The van der Waals surface area contributed by atoms with Crippen molar-refractivity contribution in [1.82, 2.24) is 5.32 Å². The maximum atomic E-state index is 8.88. The van der Waals surface area contributed by atoms with E-state index in [2.05, 4.69) is 31.3 Å². The Hall–Kier alpha value is -1.33. The monoisotopic (exact) mass is 228 g/mol. The quantitative estimate of drug-likeness (QED) is 0.857. The Morgan fingerprint density at radius 2 is 2.24 bits per heavy atom. The molecule has 1 aromatic carbocycles. The number of hydrogen-bond acceptors (Lipinski definition) is 2. The molecule has 0 spiro atoms. The molecule has 1 atom stereocenters. The van der Waals surface area contributed by atoms with Gasteiger partial charge < -0.3 is 5.32 Å². The minimum atomic E-state index is 0.320. The van der Waals surface area contributed by atoms with E-state index in [9.17, 15) is 0 Å². The molecule has 2 rings (SSSR count). The van der Waals surface area contributed by atoms with Crippen LogP contribution in [0.3, 0.4) is 0 Å². The van der Waals surface area contributed by atoms with Crippen molar-refractivity contribution in [3.63, 3.8) is 0 Å². The molecule has 0 aliphatic heterocycles. The second kappa shape index (κ2) is 4.89. The van der Waals surface area contributed by atoms with Crippen molar-refractivity contribution in [1.29, 1.82) is 5.26 Å². The predicted molar refractivity (Wildman–Crippen MR) is 69.5 cm³/mol. The van der Waals surface area contributed by atoms with E-state index < -0.39 is 0 Å². The molecule has 0 radical (unpaired) electrons. The van der Waals surface area contributed by atoms with Crippen LogP contribution in [0.2, 0.25) is 0 Å². The van der Waals surface area contributed by atoms with E-state index in [-0.39, 0.29) is 0 Å². The van der Waals surface area contributed by atoms with Crippen molar-refractivity contribution in [2.75, 3.05) is 6.54 Å². The molecule has 0 saturated heterocycles. The van der Waals surface area contributed by atoms with Crippen molar-refractivity contribution in [3.8, 4) is 6.07 Å². The number of rotatable bonds is 4. The fraction of sp³-hybridized carbons (Fsp3) is 0.533. The van der Waals surface area contributed by atoms with Gasteiger partial charge in [0.25, 0.3) is 0 Å². The molecule has 0 bridgehead atoms. The smallest absolute Gasteiger partial charge is 0.0991 e. The average molecular weight is 228 g/mol. The highest BCUT2D eigenvalue weighted by molar-refractivity contribution is 5.34. The van der Waals surface area contributed by atoms with E-state index in [0.29, 0.717) is 11.5 Å². The first-order valence-electron chi connectivity index (χ1n) is 6.36. The Kier molecular flexibility index (Phi) is 3.49. The molecule has 0 heterocycles. The molecule has 1 aromatic rings. The normalized spacial score (nSPS) is 19.1. The third-order valence-electron chi connectivity index (χ3n) is 3.91. The van der Waals surface area contributed by atoms with Gasteiger partial charge in [-0.15, -0.1) is 0 Å². The summed E-state index contributed by atoms with van der Waals surface area (Å²) in [5, 5.41) is 12.5. The fourth-order valence-electron chi connectivity index (χ4n) is 2.35. The predicted octanol–water partition coefficient (Wildman–Crippen LogP) is 3.40. The van der Waals surface area contributed by atoms with Crippen LogP contribution in [-0.2, 0) is 0 Å². The molecule has 1 fully saturated rings. The zero-order chi connectivity index (χ0) is 12.3. The minimum absolute atomic E-state index is 0.320. The van der Waals surface area contributed by atoms with E-state index in [0.717, 1.165) is 12.1 Å². The Morgan fingerprint density at radius 3 is 2.82 bits per heavy atom. The van der Waals surface area contributed by atoms with E-state index in [1.54, 1.807) is 0 Å². The number of benzene rings is 1. The Labute approximate surface area is 104 Å². The van der Waals surface area contributed by atoms with Crippen molar-refractivity contribution < 1.29 is 0 Å². The van der Waals surface area contributed by atoms with Crippen LogP contribution in [0.1, 0.15) is 50.3 Å². The molecule has 1 unspecified atom stereocenters. The number of hydrogen-bond donors (Lipinski definition) is 1. The van der Waals surface area contributed by atoms with E-state index in [1.807, 2.05) is 18.2 Å². The highest BCUT2D eigenvalue weighted by Crippen LogP contribution is 2.39. The molecule has 2 heteroatoms. The SMILES string of the molecule is CC(NCC1(C)CCC1)c1cccc(C#N)c1. The molecule has 17 heavy (non-hydrogen) atoms. The first-order valence-corrected chi connectivity index (χ1v) is 6.36. The summed E-state index contributed by atoms with van der Waals surface area (Å²) in [7, 11) is 0. The Bertz CT molecular complexity index is 427. The second-order valence-corrected chi connectivity index (χ2v) is 5.50. The summed E-state index contributed by atoms with van der Waals surface area (Å²) in [5.74, 6) is 0. The van der Waals surface area contributed by atoms with Gasteiger partial charge in [-0.2, -0.15) is 5.26 Å². The third kappa shape index (κ3) is 2.87. The molecule has 0 aromatic heterocycles. The zero-order valence-electron chi connectivity index (χ0n) is 10.7. The Balaban J connectivity index is 1.94. The standard InChI is InChI=1S/C15H20N2/c1-12(17-11-15(2)7-4-8-15)14-6-3-5-13(9-14)10-16/h3,5-6,9,12,17H,4,7-8,11H2,1-2H3. The van der Waals surface area contributed by atoms with Crippen LogP contribution in [-0.4, -0.2) is 6.54 Å². The largest absolute Gasteiger partial charge is 0.310 e. The van der Waals surface area contributed by atoms with Gasteiger partial charge in [0.05, 0.1) is 11.6 Å². The van der Waals surface area contributed by atoms with Gasteiger partial charge in [0.2, 0.25) is 0 Å². The highest BCUT2D eigenvalue weighted by atomic mass is 14.9. The van der Waals surface area contributed by atoms with E-state index >= 15 is 0 Å². The molecule has 2 nitrogen and oxygen atoms in total. The van der Waals surface area contributed by atoms with Gasteiger partial charge in [-0.1, -0.05) is 25.5 Å². The van der Waals surface area contributed by atoms with Crippen LogP contribution < -0.4 is 5.32 Å². The van der Waals surface area contributed by atoms with Crippen LogP contribution in [0.5, 0.6) is 0 Å². The average Bonchev–Trinajstić information content (AvgIpc) is 2.33. The van der Waals surface area contributed by atoms with Crippen molar-refractivity contribution in [3.05, 3.63) is 35.4 Å². The lowest BCUT2D eigenvalue weighted by Gasteiger charge is -2.39. The maximum Gasteiger partial charge on any atom is 0.0991 e. The lowest BCUT2D eigenvalue weighted by molar-refractivity contribution is 0.152. The lowest BCUT2D eigenvalue weighted by Crippen LogP contribution is -2.38. The van der Waals surface area contributed by atoms with Crippen molar-refractivity contribution in [2.24, 2.45) is 5.41 Å². The van der Waals surface area contributed by atoms with Gasteiger partial charge >= 0.3 is 0 Å². The van der Waals surface area contributed by atoms with Crippen LogP contribution in [0, 0.1) is 16.7 Å². The summed E-state index contributed by atoms with van der Waals surface area (Å²) in [6.45, 7) is 5.59. The molecule has 1 aliphatic carbocycles. The van der Waals surface area contributed by atoms with Crippen LogP contribution >= 0.6 is 0 Å². The minimum Gasteiger partial charge on any atom is -0.310 e. The van der Waals surface area contributed by atoms with Crippen LogP contribution in [0.4, 0.5) is 0 Å². The summed E-state index contributed by atoms with van der Waals surface area (Å²) >= 11 is 0. The van der Waals surface area contributed by atoms with Crippen molar-refractivity contribution in [2.45, 2.75) is 39.2 Å². The molecule has 1 saturated carbocycles. The maximum absolute atomic E-state index is 8.88. The van der Waals surface area contributed by atoms with Crippen LogP contribution in [0.25, 0.3) is 0 Å². The lowest BCUT2D eigenvalue weighted by atomic mass is 9.70. The molecule has 0 amide bonds. The fourth-order valence-corrected chi connectivity index (χ4v) is 2.35. The summed E-state index contributed by atoms with van der Waals surface area (Å²) in [5.41, 5.74) is 2.44. The third-order valence-corrected chi connectivity index (χ3v) is 3.91. The molecular weight excluding hydrogens is 208 g/mol. The molecule has 1 N–H and O–H groups in total. The van der Waals surface area contributed by atoms with Gasteiger partial charge in [0, 0.05) is 12.6 Å². The molecule has 90 valence electrons. The first-order chi connectivity index (χ1) is 8.13. The summed E-state index contributed by atoms with van der Waals surface area (Å²) in [4.78, 5) is 0. The summed E-state index contributed by atoms with van der Waals surface area (Å²) in [6.07, 6.45) is 4.05. The van der Waals surface area contributed by atoms with Gasteiger partial charge in [0.15, 0.2) is 0 Å². The number of nitrogens with zero attached hydrogens (tertiary/aromatic N) is 1. The highest BCUT2D eigenvalue weighted by Gasteiger charge is 2.31. The molecule has 1 aliphatic rings. The summed E-state index contributed by atoms with van der Waals surface area (Å²) < 4.78 is 0. The van der Waals surface area contributed by atoms with Gasteiger partial charge in [-0.3, -0.25) is 0 Å².